The summed E-state index contributed by atoms with van der Waals surface area (Å²) in [5.74, 6) is 4.00. The molecule has 232 valence electrons. The number of nitrogens with one attached hydrogen (secondary N) is 3. The van der Waals surface area contributed by atoms with Gasteiger partial charge in [0.25, 0.3) is 0 Å². The molecule has 1 heterocycles. The molecule has 3 unspecified atom stereocenters. The first-order valence-corrected chi connectivity index (χ1v) is 13.9. The summed E-state index contributed by atoms with van der Waals surface area (Å²) in [6.45, 7) is 9.12. The lowest BCUT2D eigenvalue weighted by Gasteiger charge is -2.29. The van der Waals surface area contributed by atoms with Crippen LogP contribution >= 0.6 is 11.6 Å². The maximum Gasteiger partial charge on any atom is 0.421 e. The summed E-state index contributed by atoms with van der Waals surface area (Å²) in [6, 6.07) is -0.826. The summed E-state index contributed by atoms with van der Waals surface area (Å²) in [5.41, 5.74) is 2.26. The van der Waals surface area contributed by atoms with E-state index in [1.807, 2.05) is 45.3 Å². The molecule has 0 aliphatic carbocycles. The number of carbonyl (C=O) groups excluding carboxylic acids is 4. The number of halogens is 1. The van der Waals surface area contributed by atoms with Gasteiger partial charge in [-0.2, -0.15) is 0 Å². The number of hydrogen-bond acceptors (Lipinski definition) is 8. The molecule has 0 saturated carbocycles. The number of carbonyl (C=O) groups is 4. The molecule has 0 saturated heterocycles. The molecule has 42 heavy (non-hydrogen) atoms. The van der Waals surface area contributed by atoms with Gasteiger partial charge in [-0.25, -0.2) is 15.4 Å². The van der Waals surface area contributed by atoms with E-state index in [1.54, 1.807) is 37.3 Å². The van der Waals surface area contributed by atoms with Crippen molar-refractivity contribution in [2.24, 2.45) is 11.3 Å². The Morgan fingerprint density at radius 3 is 2.45 bits per heavy atom. The maximum atomic E-state index is 12.9. The molecule has 11 nitrogen and oxygen atoms in total. The molecule has 0 aromatic rings. The first kappa shape index (κ1) is 36.2. The Bertz CT molecular complexity index is 1130. The van der Waals surface area contributed by atoms with E-state index >= 15 is 0 Å². The normalized spacial score (nSPS) is 18.0. The summed E-state index contributed by atoms with van der Waals surface area (Å²) in [6.07, 6.45) is 15.1. The van der Waals surface area contributed by atoms with Gasteiger partial charge in [0, 0.05) is 36.8 Å². The number of esters is 1. The Hall–Kier alpha value is -3.83. The van der Waals surface area contributed by atoms with Crippen LogP contribution in [-0.2, 0) is 28.6 Å². The van der Waals surface area contributed by atoms with Gasteiger partial charge < -0.3 is 24.8 Å². The molecule has 1 rings (SSSR count). The van der Waals surface area contributed by atoms with Crippen LogP contribution in [0.2, 0.25) is 0 Å². The Labute approximate surface area is 252 Å². The van der Waals surface area contributed by atoms with Crippen LogP contribution in [0.25, 0.3) is 0 Å². The first-order chi connectivity index (χ1) is 19.8. The van der Waals surface area contributed by atoms with Crippen LogP contribution in [0.15, 0.2) is 71.2 Å². The van der Waals surface area contributed by atoms with Crippen LogP contribution < -0.4 is 21.9 Å². The minimum Gasteiger partial charge on any atom is -0.490 e. The first-order valence-electron chi connectivity index (χ1n) is 13.5. The molecule has 1 aliphatic rings. The van der Waals surface area contributed by atoms with Crippen LogP contribution in [0.1, 0.15) is 60.3 Å². The average molecular weight is 607 g/mol. The number of allylic oxidation sites excluding steroid dienone is 5. The Kier molecular flexibility index (Phi) is 16.0. The summed E-state index contributed by atoms with van der Waals surface area (Å²) >= 11 is 5.86. The molecule has 12 heteroatoms. The number of hydrogen-bond donors (Lipinski definition) is 4. The van der Waals surface area contributed by atoms with Crippen molar-refractivity contribution in [3.05, 3.63) is 71.2 Å². The number of methoxy groups -OCH3 is 1. The minimum absolute atomic E-state index is 0.221. The third-order valence-corrected chi connectivity index (χ3v) is 6.05. The highest BCUT2D eigenvalue weighted by Gasteiger charge is 2.32. The van der Waals surface area contributed by atoms with Gasteiger partial charge in [0.2, 0.25) is 11.8 Å². The fraction of sp³-hybridized carbons (Fsp3) is 0.467. The molecular weight excluding hydrogens is 564 g/mol. The zero-order valence-corrected chi connectivity index (χ0v) is 25.8. The number of amides is 3. The van der Waals surface area contributed by atoms with Crippen LogP contribution in [0, 0.1) is 5.41 Å². The summed E-state index contributed by atoms with van der Waals surface area (Å²) in [5, 5.41) is 5.97. The molecule has 0 aromatic carbocycles. The lowest BCUT2D eigenvalue weighted by Crippen LogP contribution is -2.52. The predicted octanol–water partition coefficient (Wildman–Crippen LogP) is 4.33. The zero-order valence-electron chi connectivity index (χ0n) is 25.1. The van der Waals surface area contributed by atoms with Crippen molar-refractivity contribution in [3.63, 3.8) is 0 Å². The van der Waals surface area contributed by atoms with E-state index in [0.717, 1.165) is 5.57 Å². The van der Waals surface area contributed by atoms with E-state index in [0.29, 0.717) is 30.7 Å². The topological polar surface area (TPSA) is 158 Å². The molecule has 0 aromatic heterocycles. The van der Waals surface area contributed by atoms with E-state index in [-0.39, 0.29) is 11.9 Å². The quantitative estimate of drug-likeness (QED) is 0.0568. The second-order valence-corrected chi connectivity index (χ2v) is 11.2. The zero-order chi connectivity index (χ0) is 31.7. The Morgan fingerprint density at radius 1 is 1.17 bits per heavy atom. The standard InChI is InChI=1S/C30H43ClN4O7/c1-20(13-15-23-17-18-24(40-6)28(38)41-23)10-7-8-12-25(36)34-26(30(3,4)5)27(37)33-19-9-11-22(16-14-21(2)31)42-29(39)35-32/h7-10,12-14,18-19,22-23,26H,11,15-17,32H2,1-6H3,(H,33,37)(H,34,36)(H,35,39)/b10-7-,12-8-,19-9-,20-13+,21-14+. The second-order valence-electron chi connectivity index (χ2n) is 10.6. The molecule has 0 fully saturated rings. The molecule has 3 atom stereocenters. The molecular formula is C30H43ClN4O7. The van der Waals surface area contributed by atoms with E-state index in [1.165, 1.54) is 19.4 Å². The van der Waals surface area contributed by atoms with Crippen LogP contribution in [0.3, 0.4) is 0 Å². The summed E-state index contributed by atoms with van der Waals surface area (Å²) in [7, 11) is 1.43. The van der Waals surface area contributed by atoms with Gasteiger partial charge in [0.1, 0.15) is 18.2 Å². The lowest BCUT2D eigenvalue weighted by atomic mass is 9.86. The molecule has 1 aliphatic heterocycles. The van der Waals surface area contributed by atoms with E-state index < -0.39 is 41.4 Å². The number of cyclic esters (lactones) is 1. The molecule has 5 N–H and O–H groups in total. The van der Waals surface area contributed by atoms with Crippen LogP contribution in [0.4, 0.5) is 4.79 Å². The van der Waals surface area contributed by atoms with E-state index in [4.69, 9.17) is 31.7 Å². The van der Waals surface area contributed by atoms with Gasteiger partial charge >= 0.3 is 12.1 Å². The van der Waals surface area contributed by atoms with Crippen molar-refractivity contribution < 1.29 is 33.4 Å². The highest BCUT2D eigenvalue weighted by atomic mass is 35.5. The monoisotopic (exact) mass is 606 g/mol. The largest absolute Gasteiger partial charge is 0.490 e. The van der Waals surface area contributed by atoms with Gasteiger partial charge in [-0.15, -0.1) is 0 Å². The van der Waals surface area contributed by atoms with Gasteiger partial charge in [-0.05, 0) is 31.5 Å². The maximum absolute atomic E-state index is 12.9. The van der Waals surface area contributed by atoms with Gasteiger partial charge in [-0.3, -0.25) is 15.0 Å². The van der Waals surface area contributed by atoms with Crippen molar-refractivity contribution >= 4 is 35.5 Å². The van der Waals surface area contributed by atoms with Crippen molar-refractivity contribution in [3.8, 4) is 0 Å². The molecule has 0 bridgehead atoms. The predicted molar refractivity (Wildman–Crippen MR) is 161 cm³/mol. The fourth-order valence-electron chi connectivity index (χ4n) is 3.61. The van der Waals surface area contributed by atoms with Crippen molar-refractivity contribution in [1.82, 2.24) is 16.1 Å². The van der Waals surface area contributed by atoms with Crippen molar-refractivity contribution in [1.29, 1.82) is 0 Å². The number of nitrogens with two attached hydrogens (primary N) is 1. The van der Waals surface area contributed by atoms with Gasteiger partial charge in [0.05, 0.1) is 7.11 Å². The lowest BCUT2D eigenvalue weighted by molar-refractivity contribution is -0.149. The third kappa shape index (κ3) is 14.7. The summed E-state index contributed by atoms with van der Waals surface area (Å²) in [4.78, 5) is 48.7. The highest BCUT2D eigenvalue weighted by molar-refractivity contribution is 6.29. The molecule has 0 spiro atoms. The highest BCUT2D eigenvalue weighted by Crippen LogP contribution is 2.20. The van der Waals surface area contributed by atoms with E-state index in [9.17, 15) is 19.2 Å². The number of hydrazine groups is 1. The van der Waals surface area contributed by atoms with Crippen LogP contribution in [-0.4, -0.2) is 49.2 Å². The number of ether oxygens (including phenoxy) is 3. The van der Waals surface area contributed by atoms with Gasteiger partial charge in [-0.1, -0.05) is 74.4 Å². The molecule has 0 radical (unpaired) electrons. The SMILES string of the molecule is COC1=CCC(C/C=C(C)/C=C\C=C/C(=O)NC(C(=O)N/C=C\CC(C/C=C(\C)Cl)OC(=O)NN)C(C)(C)C)OC1=O. The number of rotatable bonds is 14. The average Bonchev–Trinajstić information content (AvgIpc) is 2.92. The Balaban J connectivity index is 2.66. The van der Waals surface area contributed by atoms with Crippen LogP contribution in [0.5, 0.6) is 0 Å². The van der Waals surface area contributed by atoms with E-state index in [2.05, 4.69) is 10.6 Å². The van der Waals surface area contributed by atoms with Crippen molar-refractivity contribution in [2.75, 3.05) is 7.11 Å². The minimum atomic E-state index is -0.826. The third-order valence-electron chi connectivity index (χ3n) is 5.89. The van der Waals surface area contributed by atoms with Gasteiger partial charge in [0.15, 0.2) is 5.76 Å². The van der Waals surface area contributed by atoms with Crippen molar-refractivity contribution in [2.45, 2.75) is 78.6 Å². The summed E-state index contributed by atoms with van der Waals surface area (Å²) < 4.78 is 15.5. The fourth-order valence-corrected chi connectivity index (χ4v) is 3.70. The molecule has 3 amide bonds. The smallest absolute Gasteiger partial charge is 0.421 e. The second kappa shape index (κ2) is 18.6. The Morgan fingerprint density at radius 2 is 1.86 bits per heavy atom.